The number of hydrogen-bond donors (Lipinski definition) is 3. The van der Waals surface area contributed by atoms with E-state index in [-0.39, 0.29) is 39.3 Å². The molecule has 3 N–H and O–H groups in total. The van der Waals surface area contributed by atoms with Crippen molar-refractivity contribution < 1.29 is 38.1 Å². The molecule has 7 nitrogen and oxygen atoms in total. The number of hydrogen-bond acceptors (Lipinski definition) is 5. The molecule has 192 valence electrons. The highest BCUT2D eigenvalue weighted by atomic mass is 19.3. The summed E-state index contributed by atoms with van der Waals surface area (Å²) < 4.78 is 29.7. The molecule has 36 heavy (non-hydrogen) atoms. The summed E-state index contributed by atoms with van der Waals surface area (Å²) in [5.41, 5.74) is 0.345. The third kappa shape index (κ3) is 3.89. The van der Waals surface area contributed by atoms with Gasteiger partial charge in [-0.05, 0) is 69.8 Å². The molecule has 7 rings (SSSR count). The summed E-state index contributed by atoms with van der Waals surface area (Å²) in [6, 6.07) is 5.56. The number of rotatable bonds is 5. The van der Waals surface area contributed by atoms with Crippen molar-refractivity contribution in [1.82, 2.24) is 5.32 Å². The molecule has 5 aliphatic carbocycles. The van der Waals surface area contributed by atoms with Crippen molar-refractivity contribution in [3.63, 3.8) is 0 Å². The van der Waals surface area contributed by atoms with Crippen LogP contribution in [0.1, 0.15) is 57.4 Å². The Bertz CT molecular complexity index is 1150. The molecule has 0 amide bonds. The monoisotopic (exact) mass is 501 g/mol. The number of carbonyl (C=O) groups excluding carboxylic acids is 1. The van der Waals surface area contributed by atoms with Gasteiger partial charge in [-0.15, -0.1) is 0 Å². The minimum Gasteiger partial charge on any atom is -0.478 e. The number of ketones is 1. The number of carbonyl (C=O) groups is 3. The standard InChI is InChI=1S/C16H15F2NO5.C11H14O/c1-7-11(14(20)21)13(12(15(22)23)8(2)19-7)9-5-3-4-6-10(9)24-16(17)18;12-10-9-8-2-6-1-7(3-8)5-11(9,10)4-6/h3-6,13,16,19H,1-2H3,(H,20,21)(H,22,23);6-9H,1-5H2. The minimum atomic E-state index is -3.12. The van der Waals surface area contributed by atoms with E-state index >= 15 is 0 Å². The Morgan fingerprint density at radius 1 is 1.00 bits per heavy atom. The summed E-state index contributed by atoms with van der Waals surface area (Å²) in [5, 5.41) is 21.7. The van der Waals surface area contributed by atoms with Gasteiger partial charge in [0, 0.05) is 28.3 Å². The van der Waals surface area contributed by atoms with Gasteiger partial charge < -0.3 is 20.3 Å². The molecule has 5 fully saturated rings. The number of allylic oxidation sites excluding steroid dienone is 2. The van der Waals surface area contributed by atoms with Crippen LogP contribution in [0.5, 0.6) is 5.75 Å². The predicted molar refractivity (Wildman–Crippen MR) is 124 cm³/mol. The van der Waals surface area contributed by atoms with E-state index in [1.54, 1.807) is 0 Å². The molecule has 6 aliphatic rings. The maximum atomic E-state index is 12.6. The van der Waals surface area contributed by atoms with Gasteiger partial charge in [0.25, 0.3) is 0 Å². The summed E-state index contributed by atoms with van der Waals surface area (Å²) >= 11 is 0. The van der Waals surface area contributed by atoms with Crippen LogP contribution < -0.4 is 10.1 Å². The molecule has 1 aliphatic heterocycles. The van der Waals surface area contributed by atoms with Crippen LogP contribution in [0.15, 0.2) is 46.8 Å². The first-order valence-corrected chi connectivity index (χ1v) is 12.3. The van der Waals surface area contributed by atoms with Gasteiger partial charge in [0.2, 0.25) is 0 Å². The number of carboxylic acid groups (broad SMARTS) is 2. The highest BCUT2D eigenvalue weighted by molar-refractivity contribution is 6.05. The molecule has 1 spiro atoms. The Balaban J connectivity index is 0.000000181. The molecule has 4 bridgehead atoms. The third-order valence-electron chi connectivity index (χ3n) is 8.67. The summed E-state index contributed by atoms with van der Waals surface area (Å²) in [7, 11) is 0. The zero-order valence-electron chi connectivity index (χ0n) is 20.1. The zero-order chi connectivity index (χ0) is 25.9. The van der Waals surface area contributed by atoms with Gasteiger partial charge in [-0.1, -0.05) is 18.2 Å². The van der Waals surface area contributed by atoms with Crippen molar-refractivity contribution >= 4 is 17.7 Å². The number of benzene rings is 1. The van der Waals surface area contributed by atoms with Crippen molar-refractivity contribution in [3.8, 4) is 5.75 Å². The van der Waals surface area contributed by atoms with E-state index in [1.165, 1.54) is 70.2 Å². The number of Topliss-reactive ketones (excluding diaryl/α,β-unsaturated/α-hetero) is 1. The van der Waals surface area contributed by atoms with Gasteiger partial charge in [0.15, 0.2) is 0 Å². The van der Waals surface area contributed by atoms with E-state index in [1.807, 2.05) is 0 Å². The summed E-state index contributed by atoms with van der Waals surface area (Å²) in [4.78, 5) is 35.0. The molecule has 9 heteroatoms. The van der Waals surface area contributed by atoms with E-state index in [2.05, 4.69) is 10.1 Å². The Hall–Kier alpha value is -3.23. The van der Waals surface area contributed by atoms with Crippen LogP contribution in [0.3, 0.4) is 0 Å². The van der Waals surface area contributed by atoms with E-state index in [0.29, 0.717) is 11.7 Å². The summed E-state index contributed by atoms with van der Waals surface area (Å²) in [6.45, 7) is -0.158. The Morgan fingerprint density at radius 2 is 1.56 bits per heavy atom. The average Bonchev–Trinajstić information content (AvgIpc) is 3.35. The molecule has 1 aromatic rings. The van der Waals surface area contributed by atoms with Crippen molar-refractivity contribution in [1.29, 1.82) is 0 Å². The van der Waals surface area contributed by atoms with Crippen molar-refractivity contribution in [3.05, 3.63) is 52.4 Å². The number of dihydropyridines is 1. The van der Waals surface area contributed by atoms with Gasteiger partial charge in [-0.3, -0.25) is 4.79 Å². The summed E-state index contributed by atoms with van der Waals surface area (Å²) in [5.74, 6) is -0.235. The number of para-hydroxylation sites is 1. The Kier molecular flexibility index (Phi) is 5.92. The SMILES string of the molecule is CC1=C(C(=O)O)C(c2ccccc2OC(F)F)C(C(=O)O)=C(C)N1.O=C1C2C3CC4CC(C3)CC12C4. The molecule has 0 saturated heterocycles. The van der Waals surface area contributed by atoms with Gasteiger partial charge in [-0.25, -0.2) is 9.59 Å². The molecule has 5 saturated carbocycles. The molecular weight excluding hydrogens is 472 g/mol. The highest BCUT2D eigenvalue weighted by Crippen LogP contribution is 2.73. The van der Waals surface area contributed by atoms with Crippen LogP contribution in [0.2, 0.25) is 0 Å². The van der Waals surface area contributed by atoms with E-state index in [9.17, 15) is 33.4 Å². The quantitative estimate of drug-likeness (QED) is 0.536. The fourth-order valence-corrected chi connectivity index (χ4v) is 7.67. The Morgan fingerprint density at radius 3 is 2.06 bits per heavy atom. The summed E-state index contributed by atoms with van der Waals surface area (Å²) in [6.07, 6.45) is 6.81. The van der Waals surface area contributed by atoms with Crippen molar-refractivity contribution in [2.75, 3.05) is 0 Å². The topological polar surface area (TPSA) is 113 Å². The smallest absolute Gasteiger partial charge is 0.387 e. The van der Waals surface area contributed by atoms with Gasteiger partial charge in [-0.2, -0.15) is 8.78 Å². The maximum absolute atomic E-state index is 12.6. The average molecular weight is 502 g/mol. The number of carboxylic acids is 2. The minimum absolute atomic E-state index is 0.0489. The molecule has 3 atom stereocenters. The van der Waals surface area contributed by atoms with Crippen LogP contribution in [0.25, 0.3) is 0 Å². The lowest BCUT2D eigenvalue weighted by Crippen LogP contribution is -2.39. The van der Waals surface area contributed by atoms with Gasteiger partial charge >= 0.3 is 18.6 Å². The van der Waals surface area contributed by atoms with E-state index in [0.717, 1.165) is 17.8 Å². The van der Waals surface area contributed by atoms with E-state index in [4.69, 9.17) is 0 Å². The maximum Gasteiger partial charge on any atom is 0.387 e. The molecule has 1 aromatic carbocycles. The molecule has 0 aromatic heterocycles. The largest absolute Gasteiger partial charge is 0.478 e. The molecule has 0 radical (unpaired) electrons. The van der Waals surface area contributed by atoms with E-state index < -0.39 is 24.5 Å². The van der Waals surface area contributed by atoms with Crippen LogP contribution in [0.4, 0.5) is 8.78 Å². The fourth-order valence-electron chi connectivity index (χ4n) is 7.67. The third-order valence-corrected chi connectivity index (χ3v) is 8.67. The first kappa shape index (κ1) is 24.5. The lowest BCUT2D eigenvalue weighted by Gasteiger charge is -2.47. The van der Waals surface area contributed by atoms with Gasteiger partial charge in [0.05, 0.1) is 17.1 Å². The van der Waals surface area contributed by atoms with Crippen LogP contribution >= 0.6 is 0 Å². The molecule has 1 heterocycles. The fraction of sp³-hybridized carbons (Fsp3) is 0.519. The lowest BCUT2D eigenvalue weighted by molar-refractivity contribution is -0.133. The number of halogens is 2. The van der Waals surface area contributed by atoms with Crippen LogP contribution in [-0.2, 0) is 14.4 Å². The second-order valence-electron chi connectivity index (χ2n) is 10.8. The Labute approximate surface area is 207 Å². The van der Waals surface area contributed by atoms with Crippen molar-refractivity contribution in [2.45, 2.75) is 58.5 Å². The van der Waals surface area contributed by atoms with Crippen molar-refractivity contribution in [2.24, 2.45) is 29.1 Å². The van der Waals surface area contributed by atoms with Gasteiger partial charge in [0.1, 0.15) is 11.5 Å². The number of ether oxygens (including phenoxy) is 1. The number of aliphatic carboxylic acids is 2. The normalized spacial score (nSPS) is 32.1. The molecule has 3 unspecified atom stereocenters. The first-order valence-electron chi connectivity index (χ1n) is 12.3. The molecular formula is C27H29F2NO6. The highest BCUT2D eigenvalue weighted by Gasteiger charge is 2.73. The number of nitrogens with one attached hydrogen (secondary N) is 1. The predicted octanol–water partition coefficient (Wildman–Crippen LogP) is 4.70. The lowest BCUT2D eigenvalue weighted by atomic mass is 9.56. The zero-order valence-corrected chi connectivity index (χ0v) is 20.1. The first-order chi connectivity index (χ1) is 17.0. The van der Waals surface area contributed by atoms with Crippen LogP contribution in [0, 0.1) is 29.1 Å². The second kappa shape index (κ2) is 8.71. The second-order valence-corrected chi connectivity index (χ2v) is 10.8. The van der Waals surface area contributed by atoms with Crippen LogP contribution in [-0.4, -0.2) is 34.5 Å². The number of alkyl halides is 2.